The molecule has 0 amide bonds. The molecule has 22 heavy (non-hydrogen) atoms. The van der Waals surface area contributed by atoms with E-state index in [0.29, 0.717) is 16.3 Å². The molecule has 0 spiro atoms. The van der Waals surface area contributed by atoms with Crippen molar-refractivity contribution in [1.82, 2.24) is 25.1 Å². The van der Waals surface area contributed by atoms with E-state index in [0.717, 1.165) is 17.0 Å². The van der Waals surface area contributed by atoms with Crippen molar-refractivity contribution in [3.63, 3.8) is 0 Å². The number of aromatic amines is 2. The highest BCUT2D eigenvalue weighted by molar-refractivity contribution is 7.71. The quantitative estimate of drug-likeness (QED) is 0.572. The van der Waals surface area contributed by atoms with Crippen LogP contribution in [0, 0.1) is 11.7 Å². The molecule has 112 valence electrons. The van der Waals surface area contributed by atoms with Crippen LogP contribution in [-0.4, -0.2) is 38.4 Å². The molecular weight excluding hydrogens is 300 g/mol. The van der Waals surface area contributed by atoms with Gasteiger partial charge in [0.2, 0.25) is 10.6 Å². The third-order valence-corrected chi connectivity index (χ3v) is 3.27. The number of nitrogens with one attached hydrogen (secondary N) is 2. The average Bonchev–Trinajstić information content (AvgIpc) is 3.11. The summed E-state index contributed by atoms with van der Waals surface area (Å²) >= 11 is 5.21. The number of H-pyrrole nitrogens is 2. The summed E-state index contributed by atoms with van der Waals surface area (Å²) in [5.74, 6) is 1.32. The fourth-order valence-corrected chi connectivity index (χ4v) is 2.12. The van der Waals surface area contributed by atoms with Crippen molar-refractivity contribution < 1.29 is 4.74 Å². The van der Waals surface area contributed by atoms with Gasteiger partial charge in [-0.2, -0.15) is 20.0 Å². The van der Waals surface area contributed by atoms with Crippen molar-refractivity contribution in [3.05, 3.63) is 46.4 Å². The Labute approximate surface area is 131 Å². The Hall–Kier alpha value is -2.74. The van der Waals surface area contributed by atoms with Gasteiger partial charge in [0.25, 0.3) is 0 Å². The minimum atomic E-state index is 0.398. The first kappa shape index (κ1) is 14.2. The summed E-state index contributed by atoms with van der Waals surface area (Å²) in [7, 11) is 1.63. The molecule has 8 heteroatoms. The van der Waals surface area contributed by atoms with Crippen LogP contribution in [0.3, 0.4) is 0 Å². The molecule has 0 aliphatic carbocycles. The second-order valence-corrected chi connectivity index (χ2v) is 5.01. The monoisotopic (exact) mass is 314 g/mol. The molecule has 1 aromatic carbocycles. The molecule has 0 atom stereocenters. The smallest absolute Gasteiger partial charge is 0.216 e. The molecule has 2 aromatic heterocycles. The van der Waals surface area contributed by atoms with Gasteiger partial charge in [-0.15, -0.1) is 0 Å². The molecule has 0 unspecified atom stereocenters. The summed E-state index contributed by atoms with van der Waals surface area (Å²) in [4.78, 5) is 0. The van der Waals surface area contributed by atoms with Gasteiger partial charge in [0, 0.05) is 5.69 Å². The van der Waals surface area contributed by atoms with E-state index in [2.05, 4.69) is 25.5 Å². The summed E-state index contributed by atoms with van der Waals surface area (Å²) in [6, 6.07) is 9.45. The van der Waals surface area contributed by atoms with E-state index in [4.69, 9.17) is 17.0 Å². The summed E-state index contributed by atoms with van der Waals surface area (Å²) in [6.45, 7) is 1.92. The van der Waals surface area contributed by atoms with Gasteiger partial charge in [0.05, 0.1) is 13.3 Å². The molecule has 0 bridgehead atoms. The Morgan fingerprint density at radius 1 is 1.27 bits per heavy atom. The van der Waals surface area contributed by atoms with Crippen LogP contribution in [0.25, 0.3) is 11.5 Å². The van der Waals surface area contributed by atoms with Gasteiger partial charge in [-0.05, 0) is 42.9 Å². The second kappa shape index (κ2) is 5.94. The Kier molecular flexibility index (Phi) is 3.84. The van der Waals surface area contributed by atoms with Crippen molar-refractivity contribution in [2.75, 3.05) is 7.11 Å². The Morgan fingerprint density at radius 2 is 2.14 bits per heavy atom. The van der Waals surface area contributed by atoms with Crippen LogP contribution in [0.2, 0.25) is 0 Å². The first-order valence-corrected chi connectivity index (χ1v) is 6.96. The first-order valence-electron chi connectivity index (χ1n) is 6.55. The van der Waals surface area contributed by atoms with Crippen LogP contribution in [0.15, 0.2) is 35.4 Å². The molecule has 0 saturated carbocycles. The number of aryl methyl sites for hydroxylation is 1. The maximum Gasteiger partial charge on any atom is 0.216 e. The molecule has 3 rings (SSSR count). The molecule has 3 aromatic rings. The predicted molar refractivity (Wildman–Crippen MR) is 85.7 cm³/mol. The lowest BCUT2D eigenvalue weighted by molar-refractivity contribution is 0.415. The zero-order valence-electron chi connectivity index (χ0n) is 12.1. The number of hydrogen-bond acceptors (Lipinski definition) is 5. The van der Waals surface area contributed by atoms with E-state index >= 15 is 0 Å². The maximum atomic E-state index is 5.21. The van der Waals surface area contributed by atoms with Crippen molar-refractivity contribution in [2.24, 2.45) is 5.10 Å². The molecule has 0 radical (unpaired) electrons. The number of hydrogen-bond donors (Lipinski definition) is 2. The molecule has 2 N–H and O–H groups in total. The van der Waals surface area contributed by atoms with E-state index < -0.39 is 0 Å². The number of ether oxygens (including phenoxy) is 1. The molecule has 2 heterocycles. The van der Waals surface area contributed by atoms with Gasteiger partial charge in [0.1, 0.15) is 11.4 Å². The van der Waals surface area contributed by atoms with Gasteiger partial charge in [-0.1, -0.05) is 12.1 Å². The van der Waals surface area contributed by atoms with Crippen LogP contribution in [0.4, 0.5) is 0 Å². The van der Waals surface area contributed by atoms with E-state index in [1.807, 2.05) is 37.3 Å². The highest BCUT2D eigenvalue weighted by Crippen LogP contribution is 2.16. The average molecular weight is 314 g/mol. The van der Waals surface area contributed by atoms with Crippen LogP contribution < -0.4 is 4.74 Å². The third-order valence-electron chi connectivity index (χ3n) is 3.00. The van der Waals surface area contributed by atoms with Gasteiger partial charge in [0.15, 0.2) is 0 Å². The van der Waals surface area contributed by atoms with E-state index in [1.54, 1.807) is 13.3 Å². The molecule has 0 aliphatic heterocycles. The molecule has 7 nitrogen and oxygen atoms in total. The third kappa shape index (κ3) is 2.82. The summed E-state index contributed by atoms with van der Waals surface area (Å²) in [5.41, 5.74) is 2.51. The van der Waals surface area contributed by atoms with Crippen molar-refractivity contribution in [1.29, 1.82) is 0 Å². The number of rotatable bonds is 4. The summed E-state index contributed by atoms with van der Waals surface area (Å²) in [5, 5.41) is 18.3. The second-order valence-electron chi connectivity index (χ2n) is 4.62. The van der Waals surface area contributed by atoms with Crippen LogP contribution >= 0.6 is 12.2 Å². The Balaban J connectivity index is 1.97. The van der Waals surface area contributed by atoms with Crippen molar-refractivity contribution >= 4 is 18.4 Å². The Morgan fingerprint density at radius 3 is 2.86 bits per heavy atom. The minimum absolute atomic E-state index is 0.398. The van der Waals surface area contributed by atoms with Crippen LogP contribution in [0.1, 0.15) is 11.3 Å². The van der Waals surface area contributed by atoms with Crippen LogP contribution in [-0.2, 0) is 0 Å². The van der Waals surface area contributed by atoms with E-state index in [9.17, 15) is 0 Å². The normalized spacial score (nSPS) is 11.2. The lowest BCUT2D eigenvalue weighted by atomic mass is 10.2. The highest BCUT2D eigenvalue weighted by Gasteiger charge is 2.10. The van der Waals surface area contributed by atoms with Gasteiger partial charge in [-0.25, -0.2) is 5.10 Å². The standard InChI is InChI=1S/C14H14N6OS/c1-9-6-12(17-16-9)13-18-19-14(22)20(13)15-8-10-4-3-5-11(7-10)21-2/h3-8H,1-2H3,(H,16,17)(H,19,22)/b15-8-. The lowest BCUT2D eigenvalue weighted by Crippen LogP contribution is -1.95. The van der Waals surface area contributed by atoms with Crippen molar-refractivity contribution in [2.45, 2.75) is 6.92 Å². The van der Waals surface area contributed by atoms with Crippen molar-refractivity contribution in [3.8, 4) is 17.3 Å². The zero-order chi connectivity index (χ0) is 15.5. The first-order chi connectivity index (χ1) is 10.7. The predicted octanol–water partition coefficient (Wildman–Crippen LogP) is 2.53. The van der Waals surface area contributed by atoms with Gasteiger partial charge in [-0.3, -0.25) is 5.10 Å². The minimum Gasteiger partial charge on any atom is -0.497 e. The van der Waals surface area contributed by atoms with Gasteiger partial charge < -0.3 is 4.74 Å². The highest BCUT2D eigenvalue weighted by atomic mass is 32.1. The largest absolute Gasteiger partial charge is 0.497 e. The maximum absolute atomic E-state index is 5.21. The number of aromatic nitrogens is 5. The molecular formula is C14H14N6OS. The van der Waals surface area contributed by atoms with E-state index in [1.165, 1.54) is 4.68 Å². The number of benzene rings is 1. The SMILES string of the molecule is COc1cccc(/C=N\n2c(-c3cc(C)[nH]n3)n[nH]c2=S)c1. The Bertz CT molecular complexity index is 875. The summed E-state index contributed by atoms with van der Waals surface area (Å²) in [6.07, 6.45) is 1.69. The van der Waals surface area contributed by atoms with Crippen LogP contribution in [0.5, 0.6) is 5.75 Å². The molecule has 0 saturated heterocycles. The summed E-state index contributed by atoms with van der Waals surface area (Å²) < 4.78 is 7.12. The van der Waals surface area contributed by atoms with Gasteiger partial charge >= 0.3 is 0 Å². The fourth-order valence-electron chi connectivity index (χ4n) is 1.94. The van der Waals surface area contributed by atoms with E-state index in [-0.39, 0.29) is 0 Å². The number of nitrogens with zero attached hydrogens (tertiary/aromatic N) is 4. The number of methoxy groups -OCH3 is 1. The zero-order valence-corrected chi connectivity index (χ0v) is 12.9. The topological polar surface area (TPSA) is 83.9 Å². The fraction of sp³-hybridized carbons (Fsp3) is 0.143. The molecule has 0 aliphatic rings. The molecule has 0 fully saturated rings. The lowest BCUT2D eigenvalue weighted by Gasteiger charge is -2.00.